The summed E-state index contributed by atoms with van der Waals surface area (Å²) in [6, 6.07) is 8.58. The van der Waals surface area contributed by atoms with Gasteiger partial charge in [0.2, 0.25) is 0 Å². The van der Waals surface area contributed by atoms with Crippen molar-refractivity contribution in [1.29, 1.82) is 0 Å². The highest BCUT2D eigenvalue weighted by molar-refractivity contribution is 5.64. The van der Waals surface area contributed by atoms with Crippen molar-refractivity contribution in [3.8, 4) is 0 Å². The van der Waals surface area contributed by atoms with Gasteiger partial charge in [0.05, 0.1) is 0 Å². The van der Waals surface area contributed by atoms with Crippen molar-refractivity contribution in [1.82, 2.24) is 9.97 Å². The molecule has 0 radical (unpaired) electrons. The van der Waals surface area contributed by atoms with E-state index in [1.165, 1.54) is 18.4 Å². The Bertz CT molecular complexity index is 564. The van der Waals surface area contributed by atoms with Gasteiger partial charge in [-0.3, -0.25) is 0 Å². The number of anilines is 3. The molecule has 21 heavy (non-hydrogen) atoms. The molecule has 0 bridgehead atoms. The number of unbranched alkanes of at least 4 members (excludes halogenated alkanes) is 1. The first-order valence-electron chi connectivity index (χ1n) is 7.66. The molecule has 0 aliphatic rings. The number of aromatic nitrogens is 2. The molecule has 0 spiro atoms. The average molecular weight is 284 g/mol. The largest absolute Gasteiger partial charge is 0.370 e. The van der Waals surface area contributed by atoms with Crippen molar-refractivity contribution < 1.29 is 0 Å². The fourth-order valence-electron chi connectivity index (χ4n) is 2.19. The van der Waals surface area contributed by atoms with Crippen LogP contribution in [0.2, 0.25) is 0 Å². The molecule has 1 aromatic carbocycles. The number of nitrogens with zero attached hydrogens (tertiary/aromatic N) is 2. The molecule has 0 saturated heterocycles. The number of rotatable bonds is 7. The maximum Gasteiger partial charge on any atom is 0.138 e. The van der Waals surface area contributed by atoms with E-state index in [1.807, 2.05) is 6.92 Å². The molecule has 1 heterocycles. The zero-order valence-corrected chi connectivity index (χ0v) is 13.1. The second-order valence-electron chi connectivity index (χ2n) is 5.15. The lowest BCUT2D eigenvalue weighted by Gasteiger charge is -2.12. The zero-order valence-electron chi connectivity index (χ0n) is 13.1. The third-order valence-electron chi connectivity index (χ3n) is 3.46. The summed E-state index contributed by atoms with van der Waals surface area (Å²) in [7, 11) is 0. The summed E-state index contributed by atoms with van der Waals surface area (Å²) in [6.45, 7) is 7.15. The van der Waals surface area contributed by atoms with Crippen molar-refractivity contribution >= 4 is 17.3 Å². The maximum absolute atomic E-state index is 4.33. The SMILES string of the molecule is CCCCc1ccc(Nc2ncnc(NCC)c2C)cc1. The zero-order chi connectivity index (χ0) is 15.1. The van der Waals surface area contributed by atoms with Gasteiger partial charge in [-0.05, 0) is 44.4 Å². The van der Waals surface area contributed by atoms with E-state index in [9.17, 15) is 0 Å². The fourth-order valence-corrected chi connectivity index (χ4v) is 2.19. The molecule has 0 unspecified atom stereocenters. The average Bonchev–Trinajstić information content (AvgIpc) is 2.51. The van der Waals surface area contributed by atoms with Crippen LogP contribution in [-0.4, -0.2) is 16.5 Å². The summed E-state index contributed by atoms with van der Waals surface area (Å²) in [5.74, 6) is 1.73. The quantitative estimate of drug-likeness (QED) is 0.795. The second-order valence-corrected chi connectivity index (χ2v) is 5.15. The Balaban J connectivity index is 2.09. The number of nitrogens with one attached hydrogen (secondary N) is 2. The van der Waals surface area contributed by atoms with Gasteiger partial charge in [0.1, 0.15) is 18.0 Å². The van der Waals surface area contributed by atoms with E-state index in [0.29, 0.717) is 0 Å². The van der Waals surface area contributed by atoms with Crippen LogP contribution in [0.1, 0.15) is 37.8 Å². The van der Waals surface area contributed by atoms with Crippen molar-refractivity contribution in [2.24, 2.45) is 0 Å². The molecule has 0 amide bonds. The Morgan fingerprint density at radius 2 is 1.71 bits per heavy atom. The molecule has 0 saturated carbocycles. The maximum atomic E-state index is 4.33. The molecule has 1 aromatic heterocycles. The Morgan fingerprint density at radius 3 is 2.38 bits per heavy atom. The van der Waals surface area contributed by atoms with Crippen molar-refractivity contribution in [2.45, 2.75) is 40.0 Å². The van der Waals surface area contributed by atoms with Gasteiger partial charge in [0, 0.05) is 17.8 Å². The van der Waals surface area contributed by atoms with Crippen LogP contribution in [0.4, 0.5) is 17.3 Å². The second kappa shape index (κ2) is 7.62. The van der Waals surface area contributed by atoms with Gasteiger partial charge in [-0.15, -0.1) is 0 Å². The Kier molecular flexibility index (Phi) is 5.55. The van der Waals surface area contributed by atoms with Crippen molar-refractivity contribution in [3.63, 3.8) is 0 Å². The van der Waals surface area contributed by atoms with Crippen LogP contribution in [0.25, 0.3) is 0 Å². The number of aryl methyl sites for hydroxylation is 1. The molecular weight excluding hydrogens is 260 g/mol. The van der Waals surface area contributed by atoms with Crippen LogP contribution in [0.3, 0.4) is 0 Å². The lowest BCUT2D eigenvalue weighted by molar-refractivity contribution is 0.795. The minimum atomic E-state index is 0.849. The van der Waals surface area contributed by atoms with E-state index >= 15 is 0 Å². The Hall–Kier alpha value is -2.10. The van der Waals surface area contributed by atoms with Gasteiger partial charge < -0.3 is 10.6 Å². The summed E-state index contributed by atoms with van der Waals surface area (Å²) in [5, 5.41) is 6.61. The lowest BCUT2D eigenvalue weighted by atomic mass is 10.1. The standard InChI is InChI=1S/C17H24N4/c1-4-6-7-14-8-10-15(11-9-14)21-17-13(3)16(18-5-2)19-12-20-17/h8-12H,4-7H2,1-3H3,(H2,18,19,20,21). The topological polar surface area (TPSA) is 49.8 Å². The highest BCUT2D eigenvalue weighted by atomic mass is 15.1. The van der Waals surface area contributed by atoms with E-state index in [4.69, 9.17) is 0 Å². The normalized spacial score (nSPS) is 10.4. The van der Waals surface area contributed by atoms with Crippen LogP contribution in [0.5, 0.6) is 0 Å². The van der Waals surface area contributed by atoms with Gasteiger partial charge >= 0.3 is 0 Å². The Morgan fingerprint density at radius 1 is 1.00 bits per heavy atom. The van der Waals surface area contributed by atoms with Crippen LogP contribution < -0.4 is 10.6 Å². The van der Waals surface area contributed by atoms with Crippen molar-refractivity contribution in [2.75, 3.05) is 17.2 Å². The molecule has 2 rings (SSSR count). The van der Waals surface area contributed by atoms with E-state index in [0.717, 1.165) is 35.9 Å². The molecule has 4 nitrogen and oxygen atoms in total. The smallest absolute Gasteiger partial charge is 0.138 e. The number of benzene rings is 1. The summed E-state index contributed by atoms with van der Waals surface area (Å²) < 4.78 is 0. The third kappa shape index (κ3) is 4.18. The molecule has 0 atom stereocenters. The molecule has 112 valence electrons. The van der Waals surface area contributed by atoms with Gasteiger partial charge in [-0.1, -0.05) is 25.5 Å². The summed E-state index contributed by atoms with van der Waals surface area (Å²) in [5.41, 5.74) is 3.48. The number of hydrogen-bond donors (Lipinski definition) is 2. The van der Waals surface area contributed by atoms with Crippen LogP contribution in [0, 0.1) is 6.92 Å². The first-order chi connectivity index (χ1) is 10.2. The van der Waals surface area contributed by atoms with Gasteiger partial charge in [0.15, 0.2) is 0 Å². The highest BCUT2D eigenvalue weighted by Crippen LogP contribution is 2.22. The molecular formula is C17H24N4. The highest BCUT2D eigenvalue weighted by Gasteiger charge is 2.06. The predicted molar refractivity (Wildman–Crippen MR) is 89.3 cm³/mol. The van der Waals surface area contributed by atoms with Crippen molar-refractivity contribution in [3.05, 3.63) is 41.7 Å². The minimum absolute atomic E-state index is 0.849. The Labute approximate surface area is 127 Å². The molecule has 2 N–H and O–H groups in total. The van der Waals surface area contributed by atoms with Gasteiger partial charge in [-0.25, -0.2) is 9.97 Å². The van der Waals surface area contributed by atoms with E-state index in [1.54, 1.807) is 6.33 Å². The van der Waals surface area contributed by atoms with Gasteiger partial charge in [0.25, 0.3) is 0 Å². The number of hydrogen-bond acceptors (Lipinski definition) is 4. The molecule has 0 aliphatic carbocycles. The summed E-state index contributed by atoms with van der Waals surface area (Å²) >= 11 is 0. The molecule has 2 aromatic rings. The van der Waals surface area contributed by atoms with Gasteiger partial charge in [-0.2, -0.15) is 0 Å². The monoisotopic (exact) mass is 284 g/mol. The van der Waals surface area contributed by atoms with Crippen LogP contribution in [0.15, 0.2) is 30.6 Å². The summed E-state index contributed by atoms with van der Waals surface area (Å²) in [6.07, 6.45) is 5.20. The predicted octanol–water partition coefficient (Wildman–Crippen LogP) is 4.30. The van der Waals surface area contributed by atoms with E-state index < -0.39 is 0 Å². The fraction of sp³-hybridized carbons (Fsp3) is 0.412. The van der Waals surface area contributed by atoms with E-state index in [2.05, 4.69) is 58.7 Å². The molecule has 4 heteroatoms. The van der Waals surface area contributed by atoms with E-state index in [-0.39, 0.29) is 0 Å². The van der Waals surface area contributed by atoms with Crippen LogP contribution in [-0.2, 0) is 6.42 Å². The lowest BCUT2D eigenvalue weighted by Crippen LogP contribution is -2.05. The van der Waals surface area contributed by atoms with Crippen LogP contribution >= 0.6 is 0 Å². The molecule has 0 aliphatic heterocycles. The summed E-state index contributed by atoms with van der Waals surface area (Å²) in [4.78, 5) is 8.58. The first kappa shape index (κ1) is 15.3. The first-order valence-corrected chi connectivity index (χ1v) is 7.66. The molecule has 0 fully saturated rings. The minimum Gasteiger partial charge on any atom is -0.370 e. The third-order valence-corrected chi connectivity index (χ3v) is 3.46.